The summed E-state index contributed by atoms with van der Waals surface area (Å²) in [7, 11) is 0. The Kier molecular flexibility index (Phi) is 9.77. The van der Waals surface area contributed by atoms with E-state index in [1.807, 2.05) is 13.8 Å². The summed E-state index contributed by atoms with van der Waals surface area (Å²) >= 11 is 0. The Morgan fingerprint density at radius 3 is 1.71 bits per heavy atom. The molecule has 0 bridgehead atoms. The highest BCUT2D eigenvalue weighted by atomic mass is 16.6. The third kappa shape index (κ3) is 6.51. The van der Waals surface area contributed by atoms with Crippen LogP contribution in [0.5, 0.6) is 0 Å². The van der Waals surface area contributed by atoms with Gasteiger partial charge in [0.15, 0.2) is 23.9 Å². The van der Waals surface area contributed by atoms with Crippen molar-refractivity contribution in [1.82, 2.24) is 0 Å². The number of hydrogen-bond donors (Lipinski definition) is 0. The van der Waals surface area contributed by atoms with Gasteiger partial charge in [-0.2, -0.15) is 0 Å². The monoisotopic (exact) mass is 478 g/mol. The molecule has 0 spiro atoms. The maximum atomic E-state index is 12.7. The normalized spacial score (nSPS) is 25.4. The van der Waals surface area contributed by atoms with Crippen LogP contribution in [0.3, 0.4) is 0 Å². The summed E-state index contributed by atoms with van der Waals surface area (Å²) in [6.45, 7) is 8.41. The van der Waals surface area contributed by atoms with Gasteiger partial charge in [-0.3, -0.25) is 0 Å². The lowest BCUT2D eigenvalue weighted by Gasteiger charge is -2.35. The number of carbonyl (C=O) groups is 2. The number of nitrogens with zero attached hydrogens (tertiary/aromatic N) is 2. The lowest BCUT2D eigenvalue weighted by Crippen LogP contribution is -2.41. The molecular formula is C26H42N2O6. The van der Waals surface area contributed by atoms with Crippen LogP contribution in [0.1, 0.15) is 98.3 Å². The van der Waals surface area contributed by atoms with Crippen molar-refractivity contribution in [2.24, 2.45) is 15.4 Å². The van der Waals surface area contributed by atoms with Gasteiger partial charge < -0.3 is 18.9 Å². The van der Waals surface area contributed by atoms with Gasteiger partial charge in [0.25, 0.3) is 0 Å². The molecule has 1 aliphatic carbocycles. The van der Waals surface area contributed by atoms with Crippen LogP contribution in [-0.4, -0.2) is 61.2 Å². The summed E-state index contributed by atoms with van der Waals surface area (Å²) in [4.78, 5) is 34.6. The molecule has 1 fully saturated rings. The molecule has 2 aliphatic heterocycles. The van der Waals surface area contributed by atoms with Gasteiger partial charge in [-0.05, 0) is 39.5 Å². The Bertz CT molecular complexity index is 702. The highest BCUT2D eigenvalue weighted by Gasteiger charge is 2.50. The maximum Gasteiger partial charge on any atom is 0.334 e. The topological polar surface area (TPSA) is 95.8 Å². The SMILES string of the molecule is CCCCC(C)OC(=O)[C@H]1COC(C2(C3=N[C@@H](C(=O)OC(C)CCCC)CO3)CCCCC2)=N1. The van der Waals surface area contributed by atoms with Crippen LogP contribution in [0.25, 0.3) is 0 Å². The zero-order valence-corrected chi connectivity index (χ0v) is 21.3. The van der Waals surface area contributed by atoms with Gasteiger partial charge >= 0.3 is 11.9 Å². The van der Waals surface area contributed by atoms with E-state index in [1.54, 1.807) is 0 Å². The number of hydrogen-bond acceptors (Lipinski definition) is 8. The van der Waals surface area contributed by atoms with E-state index in [9.17, 15) is 9.59 Å². The maximum absolute atomic E-state index is 12.7. The van der Waals surface area contributed by atoms with Crippen LogP contribution < -0.4 is 0 Å². The van der Waals surface area contributed by atoms with Gasteiger partial charge in [0.2, 0.25) is 0 Å². The van der Waals surface area contributed by atoms with Gasteiger partial charge in [-0.25, -0.2) is 19.6 Å². The van der Waals surface area contributed by atoms with Crippen molar-refractivity contribution < 1.29 is 28.5 Å². The van der Waals surface area contributed by atoms with Crippen LogP contribution in [0.2, 0.25) is 0 Å². The first-order valence-electron chi connectivity index (χ1n) is 13.2. The highest BCUT2D eigenvalue weighted by molar-refractivity contribution is 6.08. The quantitative estimate of drug-likeness (QED) is 0.375. The zero-order valence-electron chi connectivity index (χ0n) is 21.3. The van der Waals surface area contributed by atoms with E-state index in [0.717, 1.165) is 70.6 Å². The van der Waals surface area contributed by atoms with Crippen molar-refractivity contribution >= 4 is 23.7 Å². The molecule has 8 nitrogen and oxygen atoms in total. The molecule has 0 N–H and O–H groups in total. The van der Waals surface area contributed by atoms with Gasteiger partial charge in [0.05, 0.1) is 12.2 Å². The van der Waals surface area contributed by atoms with E-state index < -0.39 is 17.5 Å². The minimum Gasteiger partial charge on any atom is -0.477 e. The first kappa shape index (κ1) is 26.5. The fraction of sp³-hybridized carbons (Fsp3) is 0.846. The molecule has 2 unspecified atom stereocenters. The van der Waals surface area contributed by atoms with Crippen LogP contribution in [0.4, 0.5) is 0 Å². The third-order valence-electron chi connectivity index (χ3n) is 6.94. The van der Waals surface area contributed by atoms with Crippen LogP contribution in [-0.2, 0) is 28.5 Å². The van der Waals surface area contributed by atoms with Crippen LogP contribution >= 0.6 is 0 Å². The summed E-state index contributed by atoms with van der Waals surface area (Å²) < 4.78 is 23.2. The van der Waals surface area contributed by atoms with Gasteiger partial charge in [0.1, 0.15) is 18.6 Å². The highest BCUT2D eigenvalue weighted by Crippen LogP contribution is 2.43. The lowest BCUT2D eigenvalue weighted by molar-refractivity contribution is -0.151. The Labute approximate surface area is 203 Å². The molecule has 0 aromatic rings. The standard InChI is InChI=1S/C26H42N2O6/c1-5-7-12-18(3)33-22(29)20-16-31-24(27-20)26(14-10-9-11-15-26)25-28-21(17-32-25)23(30)34-19(4)13-8-6-2/h18-21H,5-17H2,1-4H3/t18?,19?,20-,21-/m1/s1. The third-order valence-corrected chi connectivity index (χ3v) is 6.94. The summed E-state index contributed by atoms with van der Waals surface area (Å²) in [5.41, 5.74) is -0.621. The molecule has 0 aromatic carbocycles. The fourth-order valence-corrected chi connectivity index (χ4v) is 4.84. The van der Waals surface area contributed by atoms with Gasteiger partial charge in [-0.15, -0.1) is 0 Å². The van der Waals surface area contributed by atoms with Crippen molar-refractivity contribution in [3.63, 3.8) is 0 Å². The summed E-state index contributed by atoms with van der Waals surface area (Å²) in [6, 6.07) is -1.33. The summed E-state index contributed by atoms with van der Waals surface area (Å²) in [5, 5.41) is 0. The second-order valence-corrected chi connectivity index (χ2v) is 9.94. The van der Waals surface area contributed by atoms with Crippen molar-refractivity contribution in [3.05, 3.63) is 0 Å². The Hall–Kier alpha value is -2.12. The van der Waals surface area contributed by atoms with E-state index in [0.29, 0.717) is 11.8 Å². The Morgan fingerprint density at radius 2 is 1.29 bits per heavy atom. The number of aliphatic imine (C=N–C) groups is 2. The number of esters is 2. The lowest BCUT2D eigenvalue weighted by atomic mass is 9.73. The van der Waals surface area contributed by atoms with Gasteiger partial charge in [-0.1, -0.05) is 58.8 Å². The molecular weight excluding hydrogens is 436 g/mol. The molecule has 8 heteroatoms. The first-order valence-corrected chi connectivity index (χ1v) is 13.2. The van der Waals surface area contributed by atoms with Crippen molar-refractivity contribution in [1.29, 1.82) is 0 Å². The molecule has 3 aliphatic rings. The molecule has 0 radical (unpaired) electrons. The predicted octanol–water partition coefficient (Wildman–Crippen LogP) is 4.78. The molecule has 1 saturated carbocycles. The molecule has 4 atom stereocenters. The van der Waals surface area contributed by atoms with Crippen molar-refractivity contribution in [2.75, 3.05) is 13.2 Å². The smallest absolute Gasteiger partial charge is 0.334 e. The van der Waals surface area contributed by atoms with Gasteiger partial charge in [0, 0.05) is 0 Å². The molecule has 34 heavy (non-hydrogen) atoms. The van der Waals surface area contributed by atoms with E-state index in [-0.39, 0.29) is 37.4 Å². The fourth-order valence-electron chi connectivity index (χ4n) is 4.84. The average Bonchev–Trinajstić information content (AvgIpc) is 3.53. The molecule has 2 heterocycles. The first-order chi connectivity index (χ1) is 16.4. The molecule has 0 amide bonds. The van der Waals surface area contributed by atoms with Crippen molar-refractivity contribution in [3.8, 4) is 0 Å². The Balaban J connectivity index is 1.70. The van der Waals surface area contributed by atoms with Crippen LogP contribution in [0.15, 0.2) is 9.98 Å². The average molecular weight is 479 g/mol. The largest absolute Gasteiger partial charge is 0.477 e. The molecule has 0 saturated heterocycles. The molecule has 192 valence electrons. The zero-order chi connectivity index (χ0) is 24.6. The van der Waals surface area contributed by atoms with E-state index >= 15 is 0 Å². The Morgan fingerprint density at radius 1 is 0.853 bits per heavy atom. The molecule has 3 rings (SSSR count). The number of rotatable bonds is 12. The predicted molar refractivity (Wildman–Crippen MR) is 130 cm³/mol. The number of carbonyl (C=O) groups excluding carboxylic acids is 2. The summed E-state index contributed by atoms with van der Waals surface area (Å²) in [5.74, 6) is 0.307. The molecule has 0 aromatic heterocycles. The van der Waals surface area contributed by atoms with Crippen molar-refractivity contribution in [2.45, 2.75) is 123 Å². The summed E-state index contributed by atoms with van der Waals surface area (Å²) in [6.07, 6.45) is 10.2. The number of unbranched alkanes of at least 4 members (excludes halogenated alkanes) is 2. The second kappa shape index (κ2) is 12.5. The number of ether oxygens (including phenoxy) is 4. The minimum absolute atomic E-state index is 0.135. The minimum atomic E-state index is -0.667. The van der Waals surface area contributed by atoms with E-state index in [2.05, 4.69) is 23.8 Å². The van der Waals surface area contributed by atoms with E-state index in [4.69, 9.17) is 18.9 Å². The van der Waals surface area contributed by atoms with E-state index in [1.165, 1.54) is 0 Å². The second-order valence-electron chi connectivity index (χ2n) is 9.94. The van der Waals surface area contributed by atoms with Crippen LogP contribution in [0, 0.1) is 5.41 Å².